The maximum atomic E-state index is 10.4. The highest BCUT2D eigenvalue weighted by molar-refractivity contribution is 7.73. The van der Waals surface area contributed by atoms with Crippen molar-refractivity contribution in [1.29, 1.82) is 0 Å². The van der Waals surface area contributed by atoms with Crippen molar-refractivity contribution in [3.05, 3.63) is 38.2 Å². The minimum atomic E-state index is 0.240. The van der Waals surface area contributed by atoms with Crippen molar-refractivity contribution in [1.82, 2.24) is 4.57 Å². The molecule has 0 atom stereocenters. The van der Waals surface area contributed by atoms with Gasteiger partial charge in [-0.1, -0.05) is 43.6 Å². The van der Waals surface area contributed by atoms with Gasteiger partial charge >= 0.3 is 0 Å². The first-order chi connectivity index (χ1) is 11.0. The summed E-state index contributed by atoms with van der Waals surface area (Å²) in [6.07, 6.45) is 6.35. The van der Waals surface area contributed by atoms with Crippen LogP contribution in [0.4, 0.5) is 5.69 Å². The summed E-state index contributed by atoms with van der Waals surface area (Å²) in [4.78, 5) is 5.22. The van der Waals surface area contributed by atoms with E-state index in [0.29, 0.717) is 3.95 Å². The molecule has 0 spiro atoms. The van der Waals surface area contributed by atoms with Crippen LogP contribution in [0.5, 0.6) is 5.88 Å². The Hall–Kier alpha value is -1.46. The summed E-state index contributed by atoms with van der Waals surface area (Å²) in [6, 6.07) is 6.18. The molecule has 23 heavy (non-hydrogen) atoms. The van der Waals surface area contributed by atoms with Crippen molar-refractivity contribution in [2.45, 2.75) is 53.0 Å². The van der Waals surface area contributed by atoms with E-state index in [1.54, 1.807) is 6.21 Å². The summed E-state index contributed by atoms with van der Waals surface area (Å²) in [7, 11) is 0. The molecule has 3 nitrogen and oxygen atoms in total. The molecule has 1 N–H and O–H groups in total. The predicted octanol–water partition coefficient (Wildman–Crippen LogP) is 5.93. The van der Waals surface area contributed by atoms with Crippen molar-refractivity contribution in [2.24, 2.45) is 4.99 Å². The summed E-state index contributed by atoms with van der Waals surface area (Å²) in [5.41, 5.74) is 3.26. The lowest BCUT2D eigenvalue weighted by Gasteiger charge is -2.04. The molecule has 124 valence electrons. The van der Waals surface area contributed by atoms with E-state index in [9.17, 15) is 5.11 Å². The number of hydrogen-bond donors (Lipinski definition) is 1. The minimum Gasteiger partial charge on any atom is -0.493 e. The van der Waals surface area contributed by atoms with Crippen LogP contribution < -0.4 is 0 Å². The van der Waals surface area contributed by atoms with E-state index in [0.717, 1.165) is 23.5 Å². The zero-order valence-corrected chi connectivity index (χ0v) is 15.6. The number of thiazole rings is 1. The fourth-order valence-electron chi connectivity index (χ4n) is 2.55. The average Bonchev–Trinajstić information content (AvgIpc) is 2.75. The minimum absolute atomic E-state index is 0.240. The maximum absolute atomic E-state index is 10.4. The van der Waals surface area contributed by atoms with Crippen LogP contribution in [0.1, 0.15) is 48.6 Å². The molecule has 5 heteroatoms. The van der Waals surface area contributed by atoms with E-state index >= 15 is 0 Å². The maximum Gasteiger partial charge on any atom is 0.212 e. The number of benzene rings is 1. The van der Waals surface area contributed by atoms with Crippen LogP contribution in [-0.4, -0.2) is 15.9 Å². The molecule has 0 saturated heterocycles. The van der Waals surface area contributed by atoms with Gasteiger partial charge in [0, 0.05) is 6.54 Å². The molecule has 0 aliphatic rings. The lowest BCUT2D eigenvalue weighted by atomic mass is 10.1. The normalized spacial score (nSPS) is 11.4. The van der Waals surface area contributed by atoms with Gasteiger partial charge in [0.05, 0.1) is 11.9 Å². The lowest BCUT2D eigenvalue weighted by molar-refractivity contribution is 0.408. The second-order valence-electron chi connectivity index (χ2n) is 5.87. The van der Waals surface area contributed by atoms with Gasteiger partial charge in [-0.3, -0.25) is 9.56 Å². The van der Waals surface area contributed by atoms with Crippen LogP contribution in [0.2, 0.25) is 0 Å². The summed E-state index contributed by atoms with van der Waals surface area (Å²) >= 11 is 6.78. The Morgan fingerprint density at radius 3 is 2.52 bits per heavy atom. The van der Waals surface area contributed by atoms with Crippen LogP contribution in [0.15, 0.2) is 23.2 Å². The summed E-state index contributed by atoms with van der Waals surface area (Å²) < 4.78 is 2.53. The SMILES string of the molecule is CCCCCCn1c(O)c(C=Nc2cc(C)cc(C)c2)sc1=S. The van der Waals surface area contributed by atoms with Crippen LogP contribution >= 0.6 is 23.6 Å². The molecule has 0 fully saturated rings. The largest absolute Gasteiger partial charge is 0.493 e. The van der Waals surface area contributed by atoms with E-state index < -0.39 is 0 Å². The van der Waals surface area contributed by atoms with Crippen LogP contribution in [0, 0.1) is 17.8 Å². The number of nitrogens with zero attached hydrogens (tertiary/aromatic N) is 2. The highest BCUT2D eigenvalue weighted by atomic mass is 32.1. The molecule has 1 aromatic carbocycles. The first kappa shape index (κ1) is 17.9. The molecule has 0 saturated carbocycles. The average molecular weight is 349 g/mol. The molecule has 0 bridgehead atoms. The van der Waals surface area contributed by atoms with Crippen molar-refractivity contribution < 1.29 is 5.11 Å². The predicted molar refractivity (Wildman–Crippen MR) is 102 cm³/mol. The van der Waals surface area contributed by atoms with Gasteiger partial charge in [0.1, 0.15) is 4.88 Å². The number of aromatic nitrogens is 1. The quantitative estimate of drug-likeness (QED) is 0.382. The van der Waals surface area contributed by atoms with E-state index in [-0.39, 0.29) is 5.88 Å². The summed E-state index contributed by atoms with van der Waals surface area (Å²) in [5, 5.41) is 10.4. The van der Waals surface area contributed by atoms with E-state index in [1.165, 1.54) is 41.7 Å². The van der Waals surface area contributed by atoms with Gasteiger partial charge in [0.25, 0.3) is 0 Å². The molecular weight excluding hydrogens is 324 g/mol. The molecule has 1 aromatic heterocycles. The first-order valence-electron chi connectivity index (χ1n) is 8.06. The molecule has 0 amide bonds. The number of aryl methyl sites for hydroxylation is 2. The third-order valence-corrected chi connectivity index (χ3v) is 5.04. The number of unbranched alkanes of at least 4 members (excludes halogenated alkanes) is 3. The number of rotatable bonds is 7. The van der Waals surface area contributed by atoms with Gasteiger partial charge in [-0.2, -0.15) is 0 Å². The third-order valence-electron chi connectivity index (χ3n) is 3.67. The third kappa shape index (κ3) is 5.01. The van der Waals surface area contributed by atoms with E-state index in [1.807, 2.05) is 16.7 Å². The molecule has 0 aliphatic heterocycles. The zero-order chi connectivity index (χ0) is 16.8. The molecule has 2 rings (SSSR count). The van der Waals surface area contributed by atoms with Gasteiger partial charge in [-0.25, -0.2) is 0 Å². The number of aliphatic imine (C=N–C) groups is 1. The van der Waals surface area contributed by atoms with Crippen molar-refractivity contribution >= 4 is 35.5 Å². The van der Waals surface area contributed by atoms with Crippen LogP contribution in [0.25, 0.3) is 0 Å². The fourth-order valence-corrected chi connectivity index (χ4v) is 3.78. The Balaban J connectivity index is 2.14. The van der Waals surface area contributed by atoms with Gasteiger partial charge in [0.2, 0.25) is 5.88 Å². The van der Waals surface area contributed by atoms with Crippen LogP contribution in [-0.2, 0) is 6.54 Å². The first-order valence-corrected chi connectivity index (χ1v) is 9.28. The Bertz CT molecular complexity index is 724. The highest BCUT2D eigenvalue weighted by Crippen LogP contribution is 2.26. The molecule has 0 aliphatic carbocycles. The second-order valence-corrected chi connectivity index (χ2v) is 7.55. The lowest BCUT2D eigenvalue weighted by Crippen LogP contribution is -1.97. The van der Waals surface area contributed by atoms with Gasteiger partial charge < -0.3 is 5.11 Å². The number of hydrogen-bond acceptors (Lipinski definition) is 4. The van der Waals surface area contributed by atoms with Gasteiger partial charge in [0.15, 0.2) is 3.95 Å². The number of aromatic hydroxyl groups is 1. The van der Waals surface area contributed by atoms with Gasteiger partial charge in [-0.05, 0) is 55.7 Å². The molecular formula is C18H24N2OS2. The second kappa shape index (κ2) is 8.41. The topological polar surface area (TPSA) is 37.5 Å². The van der Waals surface area contributed by atoms with Crippen molar-refractivity contribution in [3.8, 4) is 5.88 Å². The monoisotopic (exact) mass is 348 g/mol. The Morgan fingerprint density at radius 2 is 1.87 bits per heavy atom. The summed E-state index contributed by atoms with van der Waals surface area (Å²) in [5.74, 6) is 0.240. The molecule has 0 radical (unpaired) electrons. The highest BCUT2D eigenvalue weighted by Gasteiger charge is 2.09. The smallest absolute Gasteiger partial charge is 0.212 e. The Kier molecular flexibility index (Phi) is 6.54. The van der Waals surface area contributed by atoms with E-state index in [4.69, 9.17) is 12.2 Å². The van der Waals surface area contributed by atoms with Crippen LogP contribution in [0.3, 0.4) is 0 Å². The van der Waals surface area contributed by atoms with Crippen molar-refractivity contribution in [2.75, 3.05) is 0 Å². The Labute approximate surface area is 147 Å². The Morgan fingerprint density at radius 1 is 1.17 bits per heavy atom. The van der Waals surface area contributed by atoms with E-state index in [2.05, 4.69) is 31.8 Å². The summed E-state index contributed by atoms with van der Waals surface area (Å²) in [6.45, 7) is 7.08. The molecule has 2 aromatic rings. The fraction of sp³-hybridized carbons (Fsp3) is 0.444. The van der Waals surface area contributed by atoms with Crippen molar-refractivity contribution in [3.63, 3.8) is 0 Å². The standard InChI is InChI=1S/C18H24N2OS2/c1-4-5-6-7-8-20-17(21)16(23-18(20)22)12-19-15-10-13(2)9-14(3)11-15/h9-12,21H,4-8H2,1-3H3. The molecule has 0 unspecified atom stereocenters. The molecule has 1 heterocycles. The van der Waals surface area contributed by atoms with Gasteiger partial charge in [-0.15, -0.1) is 0 Å². The zero-order valence-electron chi connectivity index (χ0n) is 14.0.